The standard InChI is InChI=1S/C21H25FO4/c1-19-7-8-21(22)14(13(19)5-6-15(19)18(26)11-23)4-3-12-9-16(24)17(25)10-20(12,21)2/h6,9,13-14,23H,3-5,7-8,10-11H2,1-2H3/t13-,14-,19-,20-,21+/m0/s1. The second-order valence-corrected chi connectivity index (χ2v) is 8.93. The van der Waals surface area contributed by atoms with Crippen LogP contribution in [0.5, 0.6) is 0 Å². The van der Waals surface area contributed by atoms with Crippen LogP contribution in [0.1, 0.15) is 52.4 Å². The molecule has 140 valence electrons. The number of alkyl halides is 1. The Labute approximate surface area is 152 Å². The van der Waals surface area contributed by atoms with Crippen LogP contribution in [0.4, 0.5) is 4.39 Å². The number of carbonyl (C=O) groups excluding carboxylic acids is 3. The molecule has 0 radical (unpaired) electrons. The van der Waals surface area contributed by atoms with Crippen LogP contribution in [-0.4, -0.2) is 34.7 Å². The quantitative estimate of drug-likeness (QED) is 0.769. The van der Waals surface area contributed by atoms with Crippen molar-refractivity contribution in [2.75, 3.05) is 6.61 Å². The molecule has 0 aromatic heterocycles. The molecule has 0 spiro atoms. The number of carbonyl (C=O) groups is 3. The normalized spacial score (nSPS) is 44.6. The molecule has 0 aliphatic heterocycles. The van der Waals surface area contributed by atoms with Gasteiger partial charge in [-0.3, -0.25) is 14.4 Å². The van der Waals surface area contributed by atoms with Crippen molar-refractivity contribution in [3.05, 3.63) is 23.3 Å². The van der Waals surface area contributed by atoms with Gasteiger partial charge >= 0.3 is 0 Å². The number of rotatable bonds is 2. The van der Waals surface area contributed by atoms with Crippen LogP contribution in [0, 0.1) is 22.7 Å². The third-order valence-electron chi connectivity index (χ3n) is 7.98. The van der Waals surface area contributed by atoms with Crippen molar-refractivity contribution in [2.45, 2.75) is 58.0 Å². The highest BCUT2D eigenvalue weighted by atomic mass is 19.1. The van der Waals surface area contributed by atoms with Gasteiger partial charge in [-0.15, -0.1) is 0 Å². The molecule has 26 heavy (non-hydrogen) atoms. The van der Waals surface area contributed by atoms with E-state index in [1.807, 2.05) is 13.0 Å². The summed E-state index contributed by atoms with van der Waals surface area (Å²) < 4.78 is 16.6. The SMILES string of the molecule is C[C@]12CC(=O)C(=O)C=C1CC[C@H]1[C@@H]3CC=C(C(=O)CO)[C@@]3(C)CC[C@@]12F. The molecule has 2 saturated carbocycles. The zero-order valence-electron chi connectivity index (χ0n) is 15.3. The first kappa shape index (κ1) is 17.8. The smallest absolute Gasteiger partial charge is 0.221 e. The summed E-state index contributed by atoms with van der Waals surface area (Å²) in [5.74, 6) is -1.51. The first-order chi connectivity index (χ1) is 12.2. The van der Waals surface area contributed by atoms with Gasteiger partial charge in [-0.1, -0.05) is 25.5 Å². The second kappa shape index (κ2) is 5.44. The van der Waals surface area contributed by atoms with E-state index in [0.29, 0.717) is 31.3 Å². The highest BCUT2D eigenvalue weighted by Crippen LogP contribution is 2.68. The molecular weight excluding hydrogens is 335 g/mol. The number of halogens is 1. The van der Waals surface area contributed by atoms with E-state index < -0.39 is 34.7 Å². The largest absolute Gasteiger partial charge is 0.388 e. The number of aliphatic hydroxyl groups excluding tert-OH is 1. The lowest BCUT2D eigenvalue weighted by Gasteiger charge is -2.60. The summed E-state index contributed by atoms with van der Waals surface area (Å²) in [6.45, 7) is 3.31. The van der Waals surface area contributed by atoms with Crippen molar-refractivity contribution in [2.24, 2.45) is 22.7 Å². The van der Waals surface area contributed by atoms with Crippen LogP contribution in [-0.2, 0) is 14.4 Å². The maximum absolute atomic E-state index is 16.6. The maximum Gasteiger partial charge on any atom is 0.221 e. The number of ketones is 3. The molecule has 0 amide bonds. The van der Waals surface area contributed by atoms with Crippen molar-refractivity contribution < 1.29 is 23.9 Å². The Kier molecular flexibility index (Phi) is 3.72. The van der Waals surface area contributed by atoms with E-state index in [9.17, 15) is 19.5 Å². The van der Waals surface area contributed by atoms with Gasteiger partial charge in [0.05, 0.1) is 0 Å². The van der Waals surface area contributed by atoms with E-state index in [4.69, 9.17) is 0 Å². The molecule has 4 rings (SSSR count). The summed E-state index contributed by atoms with van der Waals surface area (Å²) >= 11 is 0. The monoisotopic (exact) mass is 360 g/mol. The molecule has 5 heteroatoms. The van der Waals surface area contributed by atoms with E-state index in [1.54, 1.807) is 6.92 Å². The van der Waals surface area contributed by atoms with Crippen molar-refractivity contribution in [1.29, 1.82) is 0 Å². The van der Waals surface area contributed by atoms with Gasteiger partial charge in [0.1, 0.15) is 12.3 Å². The van der Waals surface area contributed by atoms with Gasteiger partial charge in [0.25, 0.3) is 0 Å². The Balaban J connectivity index is 1.74. The molecule has 4 nitrogen and oxygen atoms in total. The van der Waals surface area contributed by atoms with Crippen molar-refractivity contribution in [1.82, 2.24) is 0 Å². The minimum Gasteiger partial charge on any atom is -0.388 e. The number of fused-ring (bicyclic) bond motifs is 5. The van der Waals surface area contributed by atoms with Crippen LogP contribution in [0.25, 0.3) is 0 Å². The zero-order chi connectivity index (χ0) is 18.9. The Morgan fingerprint density at radius 2 is 2.00 bits per heavy atom. The summed E-state index contributed by atoms with van der Waals surface area (Å²) in [6.07, 6.45) is 5.90. The first-order valence-electron chi connectivity index (χ1n) is 9.49. The number of allylic oxidation sites excluding steroid dienone is 3. The van der Waals surface area contributed by atoms with E-state index in [1.165, 1.54) is 6.08 Å². The molecule has 2 fully saturated rings. The Morgan fingerprint density at radius 3 is 2.69 bits per heavy atom. The predicted molar refractivity (Wildman–Crippen MR) is 93.0 cm³/mol. The van der Waals surface area contributed by atoms with E-state index >= 15 is 4.39 Å². The van der Waals surface area contributed by atoms with E-state index in [-0.39, 0.29) is 30.5 Å². The maximum atomic E-state index is 16.6. The highest BCUT2D eigenvalue weighted by Gasteiger charge is 2.67. The number of hydrogen-bond acceptors (Lipinski definition) is 4. The number of hydrogen-bond donors (Lipinski definition) is 1. The number of Topliss-reactive ketones (excluding diaryl/α,β-unsaturated/α-hetero) is 2. The molecule has 0 aromatic rings. The predicted octanol–water partition coefficient (Wildman–Crippen LogP) is 2.89. The molecule has 4 aliphatic carbocycles. The van der Waals surface area contributed by atoms with Gasteiger partial charge in [-0.05, 0) is 61.0 Å². The van der Waals surface area contributed by atoms with Crippen molar-refractivity contribution in [3.63, 3.8) is 0 Å². The molecule has 0 bridgehead atoms. The Morgan fingerprint density at radius 1 is 1.27 bits per heavy atom. The summed E-state index contributed by atoms with van der Waals surface area (Å²) in [5, 5.41) is 9.29. The Hall–Kier alpha value is -1.62. The van der Waals surface area contributed by atoms with Gasteiger partial charge < -0.3 is 5.11 Å². The molecule has 5 atom stereocenters. The van der Waals surface area contributed by atoms with Crippen LogP contribution >= 0.6 is 0 Å². The van der Waals surface area contributed by atoms with Gasteiger partial charge in [-0.25, -0.2) is 4.39 Å². The fraction of sp³-hybridized carbons (Fsp3) is 0.667. The molecule has 4 aliphatic rings. The number of aliphatic hydroxyl groups is 1. The third kappa shape index (κ3) is 2.01. The van der Waals surface area contributed by atoms with Crippen LogP contribution < -0.4 is 0 Å². The van der Waals surface area contributed by atoms with Crippen LogP contribution in [0.3, 0.4) is 0 Å². The topological polar surface area (TPSA) is 71.4 Å². The van der Waals surface area contributed by atoms with Gasteiger partial charge in [-0.2, -0.15) is 0 Å². The lowest BCUT2D eigenvalue weighted by Crippen LogP contribution is -2.61. The fourth-order valence-corrected chi connectivity index (χ4v) is 6.44. The highest BCUT2D eigenvalue weighted by molar-refractivity contribution is 6.42. The Bertz CT molecular complexity index is 781. The average molecular weight is 360 g/mol. The molecular formula is C21H25FO4. The molecule has 0 saturated heterocycles. The summed E-state index contributed by atoms with van der Waals surface area (Å²) in [6, 6.07) is 0. The zero-order valence-corrected chi connectivity index (χ0v) is 15.3. The summed E-state index contributed by atoms with van der Waals surface area (Å²) in [7, 11) is 0. The van der Waals surface area contributed by atoms with Gasteiger partial charge in [0.15, 0.2) is 5.78 Å². The third-order valence-corrected chi connectivity index (χ3v) is 7.98. The molecule has 0 unspecified atom stereocenters. The lowest BCUT2D eigenvalue weighted by molar-refractivity contribution is -0.152. The first-order valence-corrected chi connectivity index (χ1v) is 9.49. The van der Waals surface area contributed by atoms with E-state index in [2.05, 4.69) is 0 Å². The summed E-state index contributed by atoms with van der Waals surface area (Å²) in [5.41, 5.74) is -1.45. The van der Waals surface area contributed by atoms with Crippen molar-refractivity contribution >= 4 is 17.3 Å². The van der Waals surface area contributed by atoms with Crippen LogP contribution in [0.2, 0.25) is 0 Å². The molecule has 1 N–H and O–H groups in total. The van der Waals surface area contributed by atoms with Crippen LogP contribution in [0.15, 0.2) is 23.3 Å². The van der Waals surface area contributed by atoms with E-state index in [0.717, 1.165) is 5.57 Å². The average Bonchev–Trinajstić information content (AvgIpc) is 2.94. The van der Waals surface area contributed by atoms with Crippen molar-refractivity contribution in [3.8, 4) is 0 Å². The fourth-order valence-electron chi connectivity index (χ4n) is 6.44. The molecule has 0 aromatic carbocycles. The summed E-state index contributed by atoms with van der Waals surface area (Å²) in [4.78, 5) is 36.1. The van der Waals surface area contributed by atoms with Gasteiger partial charge in [0.2, 0.25) is 11.6 Å². The second-order valence-electron chi connectivity index (χ2n) is 8.93. The van der Waals surface area contributed by atoms with Gasteiger partial charge in [0, 0.05) is 11.8 Å². The molecule has 0 heterocycles. The minimum atomic E-state index is -1.54. The minimum absolute atomic E-state index is 0.00199. The lowest BCUT2D eigenvalue weighted by atomic mass is 9.45.